The number of sulfonamides is 1. The van der Waals surface area contributed by atoms with Gasteiger partial charge in [0, 0.05) is 13.5 Å². The first-order valence-corrected chi connectivity index (χ1v) is 9.92. The standard InChI is InChI=1S/C17H23FN2O3S/c1-11(21)20-17-9-14(7-8-16(17)18)24(22,23)19-10-13-3-2-4-15(13)12-5-6-12/h7-9,12-13,15,19H,2-6,10H2,1H3,(H,20,21). The molecule has 2 N–H and O–H groups in total. The minimum absolute atomic E-state index is 0.0337. The molecule has 2 aliphatic carbocycles. The fourth-order valence-electron chi connectivity index (χ4n) is 3.72. The van der Waals surface area contributed by atoms with E-state index in [2.05, 4.69) is 10.0 Å². The van der Waals surface area contributed by atoms with E-state index in [0.717, 1.165) is 30.9 Å². The number of halogens is 1. The molecule has 5 nitrogen and oxygen atoms in total. The van der Waals surface area contributed by atoms with Crippen LogP contribution >= 0.6 is 0 Å². The lowest BCUT2D eigenvalue weighted by Crippen LogP contribution is -2.31. The second-order valence-electron chi connectivity index (χ2n) is 6.87. The summed E-state index contributed by atoms with van der Waals surface area (Å²) in [6.45, 7) is 1.67. The van der Waals surface area contributed by atoms with Crippen LogP contribution in [-0.4, -0.2) is 20.9 Å². The first kappa shape index (κ1) is 17.4. The van der Waals surface area contributed by atoms with Gasteiger partial charge in [-0.15, -0.1) is 0 Å². The Morgan fingerprint density at radius 3 is 2.67 bits per heavy atom. The Morgan fingerprint density at radius 1 is 1.25 bits per heavy atom. The molecule has 1 amide bonds. The molecule has 2 saturated carbocycles. The molecule has 0 saturated heterocycles. The number of anilines is 1. The number of hydrogen-bond acceptors (Lipinski definition) is 3. The van der Waals surface area contributed by atoms with E-state index in [1.807, 2.05) is 0 Å². The number of nitrogens with one attached hydrogen (secondary N) is 2. The Balaban J connectivity index is 1.69. The summed E-state index contributed by atoms with van der Waals surface area (Å²) in [5.41, 5.74) is -0.123. The molecule has 2 fully saturated rings. The van der Waals surface area contributed by atoms with E-state index in [-0.39, 0.29) is 10.6 Å². The molecule has 0 bridgehead atoms. The van der Waals surface area contributed by atoms with Crippen molar-refractivity contribution in [3.8, 4) is 0 Å². The number of amides is 1. The lowest BCUT2D eigenvalue weighted by atomic mass is 9.92. The molecule has 24 heavy (non-hydrogen) atoms. The number of carbonyl (C=O) groups is 1. The minimum Gasteiger partial charge on any atom is -0.324 e. The van der Waals surface area contributed by atoms with Crippen LogP contribution in [0.3, 0.4) is 0 Å². The molecule has 2 atom stereocenters. The van der Waals surface area contributed by atoms with Gasteiger partial charge in [-0.1, -0.05) is 6.42 Å². The Morgan fingerprint density at radius 2 is 2.00 bits per heavy atom. The fraction of sp³-hybridized carbons (Fsp3) is 0.588. The van der Waals surface area contributed by atoms with E-state index in [9.17, 15) is 17.6 Å². The van der Waals surface area contributed by atoms with Crippen molar-refractivity contribution >= 4 is 21.6 Å². The van der Waals surface area contributed by atoms with Crippen LogP contribution in [-0.2, 0) is 14.8 Å². The normalized spacial score (nSPS) is 24.1. The van der Waals surface area contributed by atoms with Crippen LogP contribution < -0.4 is 10.0 Å². The van der Waals surface area contributed by atoms with Crippen molar-refractivity contribution in [1.82, 2.24) is 4.72 Å². The Labute approximate surface area is 142 Å². The lowest BCUT2D eigenvalue weighted by molar-refractivity contribution is -0.114. The van der Waals surface area contributed by atoms with Gasteiger partial charge in [0.15, 0.2) is 0 Å². The van der Waals surface area contributed by atoms with E-state index in [4.69, 9.17) is 0 Å². The third-order valence-corrected chi connectivity index (χ3v) is 6.46. The third-order valence-electron chi connectivity index (χ3n) is 5.04. The predicted octanol–water partition coefficient (Wildman–Crippen LogP) is 2.89. The predicted molar refractivity (Wildman–Crippen MR) is 89.4 cm³/mol. The smallest absolute Gasteiger partial charge is 0.240 e. The molecule has 132 valence electrons. The summed E-state index contributed by atoms with van der Waals surface area (Å²) in [5.74, 6) is 0.695. The van der Waals surface area contributed by atoms with Crippen molar-refractivity contribution < 1.29 is 17.6 Å². The topological polar surface area (TPSA) is 75.3 Å². The maximum absolute atomic E-state index is 13.7. The van der Waals surface area contributed by atoms with Gasteiger partial charge in [0.05, 0.1) is 10.6 Å². The van der Waals surface area contributed by atoms with E-state index < -0.39 is 21.7 Å². The monoisotopic (exact) mass is 354 g/mol. The molecule has 1 aromatic carbocycles. The number of benzene rings is 1. The third kappa shape index (κ3) is 3.95. The molecule has 7 heteroatoms. The molecule has 0 aromatic heterocycles. The Bertz CT molecular complexity index is 731. The van der Waals surface area contributed by atoms with Crippen LogP contribution in [0, 0.1) is 23.6 Å². The molecular formula is C17H23FN2O3S. The van der Waals surface area contributed by atoms with Crippen molar-refractivity contribution in [3.05, 3.63) is 24.0 Å². The van der Waals surface area contributed by atoms with E-state index in [1.54, 1.807) is 0 Å². The van der Waals surface area contributed by atoms with Crippen molar-refractivity contribution in [2.75, 3.05) is 11.9 Å². The Hall–Kier alpha value is -1.47. The highest BCUT2D eigenvalue weighted by Crippen LogP contribution is 2.47. The zero-order chi connectivity index (χ0) is 17.3. The molecular weight excluding hydrogens is 331 g/mol. The quantitative estimate of drug-likeness (QED) is 0.825. The van der Waals surface area contributed by atoms with Crippen LogP contribution in [0.15, 0.2) is 23.1 Å². The second kappa shape index (κ2) is 6.80. The summed E-state index contributed by atoms with van der Waals surface area (Å²) in [6.07, 6.45) is 5.96. The highest BCUT2D eigenvalue weighted by molar-refractivity contribution is 7.89. The van der Waals surface area contributed by atoms with Gasteiger partial charge in [-0.3, -0.25) is 4.79 Å². The highest BCUT2D eigenvalue weighted by atomic mass is 32.2. The summed E-state index contributed by atoms with van der Waals surface area (Å²) < 4.78 is 41.3. The summed E-state index contributed by atoms with van der Waals surface area (Å²) in [5, 5.41) is 2.31. The first-order chi connectivity index (χ1) is 11.4. The largest absolute Gasteiger partial charge is 0.324 e. The summed E-state index contributed by atoms with van der Waals surface area (Å²) in [6, 6.07) is 3.44. The van der Waals surface area contributed by atoms with Crippen LogP contribution in [0.4, 0.5) is 10.1 Å². The van der Waals surface area contributed by atoms with E-state index in [1.165, 1.54) is 32.3 Å². The molecule has 3 rings (SSSR count). The van der Waals surface area contributed by atoms with Gasteiger partial charge < -0.3 is 5.32 Å². The maximum Gasteiger partial charge on any atom is 0.240 e. The minimum atomic E-state index is -3.72. The fourth-order valence-corrected chi connectivity index (χ4v) is 4.84. The lowest BCUT2D eigenvalue weighted by Gasteiger charge is -2.19. The van der Waals surface area contributed by atoms with Crippen LogP contribution in [0.25, 0.3) is 0 Å². The number of rotatable bonds is 6. The SMILES string of the molecule is CC(=O)Nc1cc(S(=O)(=O)NCC2CCCC2C2CC2)ccc1F. The van der Waals surface area contributed by atoms with Gasteiger partial charge in [0.25, 0.3) is 0 Å². The molecule has 0 aliphatic heterocycles. The molecule has 0 radical (unpaired) electrons. The molecule has 1 aromatic rings. The molecule has 0 heterocycles. The first-order valence-electron chi connectivity index (χ1n) is 8.43. The van der Waals surface area contributed by atoms with Gasteiger partial charge in [-0.2, -0.15) is 0 Å². The summed E-state index contributed by atoms with van der Waals surface area (Å²) in [7, 11) is -3.72. The van der Waals surface area contributed by atoms with Gasteiger partial charge >= 0.3 is 0 Å². The highest BCUT2D eigenvalue weighted by Gasteiger charge is 2.39. The average Bonchev–Trinajstić information content (AvgIpc) is 3.25. The van der Waals surface area contributed by atoms with Crippen LogP contribution in [0.2, 0.25) is 0 Å². The maximum atomic E-state index is 13.7. The Kier molecular flexibility index (Phi) is 4.92. The zero-order valence-electron chi connectivity index (χ0n) is 13.7. The summed E-state index contributed by atoms with van der Waals surface area (Å²) in [4.78, 5) is 11.1. The van der Waals surface area contributed by atoms with Crippen molar-refractivity contribution in [2.45, 2.75) is 43.9 Å². The van der Waals surface area contributed by atoms with Crippen molar-refractivity contribution in [2.24, 2.45) is 17.8 Å². The van der Waals surface area contributed by atoms with Crippen LogP contribution in [0.1, 0.15) is 39.0 Å². The molecule has 0 spiro atoms. The van der Waals surface area contributed by atoms with Gasteiger partial charge in [-0.25, -0.2) is 17.5 Å². The number of carbonyl (C=O) groups excluding carboxylic acids is 1. The van der Waals surface area contributed by atoms with E-state index in [0.29, 0.717) is 18.4 Å². The van der Waals surface area contributed by atoms with Crippen molar-refractivity contribution in [3.63, 3.8) is 0 Å². The average molecular weight is 354 g/mol. The zero-order valence-corrected chi connectivity index (χ0v) is 14.5. The van der Waals surface area contributed by atoms with Crippen molar-refractivity contribution in [1.29, 1.82) is 0 Å². The van der Waals surface area contributed by atoms with Gasteiger partial charge in [0.1, 0.15) is 5.82 Å². The van der Waals surface area contributed by atoms with Gasteiger partial charge in [0.2, 0.25) is 15.9 Å². The molecule has 2 aliphatic rings. The molecule has 2 unspecified atom stereocenters. The van der Waals surface area contributed by atoms with E-state index >= 15 is 0 Å². The number of hydrogen-bond donors (Lipinski definition) is 2. The van der Waals surface area contributed by atoms with Crippen LogP contribution in [0.5, 0.6) is 0 Å². The summed E-state index contributed by atoms with van der Waals surface area (Å²) >= 11 is 0. The van der Waals surface area contributed by atoms with Gasteiger partial charge in [-0.05, 0) is 61.6 Å². The second-order valence-corrected chi connectivity index (χ2v) is 8.63.